The molecule has 1 aromatic rings. The average Bonchev–Trinajstić information content (AvgIpc) is 3.38. The second-order valence-electron chi connectivity index (χ2n) is 6.86. The minimum absolute atomic E-state index is 0.216. The van der Waals surface area contributed by atoms with E-state index in [1.54, 1.807) is 36.1 Å². The highest BCUT2D eigenvalue weighted by Crippen LogP contribution is 2.34. The molecule has 0 aliphatic carbocycles. The summed E-state index contributed by atoms with van der Waals surface area (Å²) in [4.78, 5) is 51.5. The second kappa shape index (κ2) is 10.3. The van der Waals surface area contributed by atoms with E-state index in [0.717, 1.165) is 29.5 Å². The standard InChI is InChI=1S/C21H24N2O7S/c1-3-29-16-10-14(6-7-15(16)30-13-19(25)28-2)11-17-20(26)23(21(27)31-17)12-18(24)22-8-4-5-9-22/h6-7,10-11H,3-5,8-9,12-13H2,1-2H3/b17-11+. The van der Waals surface area contributed by atoms with E-state index in [1.807, 2.05) is 0 Å². The maximum atomic E-state index is 12.7. The molecule has 0 saturated carbocycles. The van der Waals surface area contributed by atoms with E-state index >= 15 is 0 Å². The highest BCUT2D eigenvalue weighted by molar-refractivity contribution is 8.18. The topological polar surface area (TPSA) is 102 Å². The summed E-state index contributed by atoms with van der Waals surface area (Å²) in [6, 6.07) is 4.94. The van der Waals surface area contributed by atoms with Crippen molar-refractivity contribution >= 4 is 40.9 Å². The molecular formula is C21H24N2O7S. The van der Waals surface area contributed by atoms with Gasteiger partial charge in [0, 0.05) is 13.1 Å². The average molecular weight is 448 g/mol. The van der Waals surface area contributed by atoms with Crippen molar-refractivity contribution in [3.63, 3.8) is 0 Å². The van der Waals surface area contributed by atoms with Crippen molar-refractivity contribution in [1.82, 2.24) is 9.80 Å². The van der Waals surface area contributed by atoms with Gasteiger partial charge in [0.25, 0.3) is 11.1 Å². The van der Waals surface area contributed by atoms with E-state index in [0.29, 0.717) is 36.8 Å². The largest absolute Gasteiger partial charge is 0.490 e. The lowest BCUT2D eigenvalue weighted by Crippen LogP contribution is -2.40. The van der Waals surface area contributed by atoms with Crippen LogP contribution < -0.4 is 9.47 Å². The molecule has 31 heavy (non-hydrogen) atoms. The third-order valence-electron chi connectivity index (χ3n) is 4.76. The summed E-state index contributed by atoms with van der Waals surface area (Å²) < 4.78 is 15.5. The van der Waals surface area contributed by atoms with Gasteiger partial charge in [0.05, 0.1) is 18.6 Å². The molecule has 2 saturated heterocycles. The van der Waals surface area contributed by atoms with E-state index in [4.69, 9.17) is 9.47 Å². The van der Waals surface area contributed by atoms with E-state index in [2.05, 4.69) is 4.74 Å². The van der Waals surface area contributed by atoms with Crippen LogP contribution >= 0.6 is 11.8 Å². The number of methoxy groups -OCH3 is 1. The molecule has 2 aliphatic rings. The summed E-state index contributed by atoms with van der Waals surface area (Å²) in [5.74, 6) is -0.487. The fourth-order valence-electron chi connectivity index (χ4n) is 3.19. The monoisotopic (exact) mass is 448 g/mol. The number of thioether (sulfide) groups is 1. The zero-order valence-electron chi connectivity index (χ0n) is 17.4. The molecule has 0 atom stereocenters. The van der Waals surface area contributed by atoms with Gasteiger partial charge in [-0.15, -0.1) is 0 Å². The van der Waals surface area contributed by atoms with Crippen LogP contribution in [0.1, 0.15) is 25.3 Å². The van der Waals surface area contributed by atoms with Crippen molar-refractivity contribution in [3.05, 3.63) is 28.7 Å². The lowest BCUT2D eigenvalue weighted by atomic mass is 10.2. The van der Waals surface area contributed by atoms with Crippen molar-refractivity contribution in [3.8, 4) is 11.5 Å². The van der Waals surface area contributed by atoms with Gasteiger partial charge in [0.1, 0.15) is 6.54 Å². The highest BCUT2D eigenvalue weighted by atomic mass is 32.2. The molecule has 166 valence electrons. The Balaban J connectivity index is 1.73. The number of carbonyl (C=O) groups is 4. The number of likely N-dealkylation sites (tertiary alicyclic amines) is 1. The van der Waals surface area contributed by atoms with Crippen LogP contribution in [0.5, 0.6) is 11.5 Å². The van der Waals surface area contributed by atoms with E-state index in [-0.39, 0.29) is 24.0 Å². The summed E-state index contributed by atoms with van der Waals surface area (Å²) in [5.41, 5.74) is 0.616. The Morgan fingerprint density at radius 1 is 1.13 bits per heavy atom. The zero-order valence-corrected chi connectivity index (χ0v) is 18.2. The molecule has 1 aromatic carbocycles. The summed E-state index contributed by atoms with van der Waals surface area (Å²) in [6.45, 7) is 2.99. The second-order valence-corrected chi connectivity index (χ2v) is 7.85. The number of carbonyl (C=O) groups excluding carboxylic acids is 4. The van der Waals surface area contributed by atoms with Crippen LogP contribution in [0, 0.1) is 0 Å². The first-order chi connectivity index (χ1) is 14.9. The van der Waals surface area contributed by atoms with Gasteiger partial charge in [-0.1, -0.05) is 6.07 Å². The van der Waals surface area contributed by atoms with Crippen LogP contribution in [0.2, 0.25) is 0 Å². The van der Waals surface area contributed by atoms with Gasteiger partial charge in [0.15, 0.2) is 18.1 Å². The summed E-state index contributed by atoms with van der Waals surface area (Å²) in [7, 11) is 1.27. The first-order valence-electron chi connectivity index (χ1n) is 9.92. The first kappa shape index (κ1) is 22.7. The molecule has 0 N–H and O–H groups in total. The Hall–Kier alpha value is -3.01. The Morgan fingerprint density at radius 3 is 2.55 bits per heavy atom. The number of esters is 1. The molecule has 0 bridgehead atoms. The van der Waals surface area contributed by atoms with Crippen LogP contribution in [-0.2, 0) is 19.1 Å². The van der Waals surface area contributed by atoms with Gasteiger partial charge < -0.3 is 19.1 Å². The minimum Gasteiger partial charge on any atom is -0.490 e. The Bertz CT molecular complexity index is 909. The van der Waals surface area contributed by atoms with Gasteiger partial charge >= 0.3 is 5.97 Å². The van der Waals surface area contributed by atoms with E-state index in [1.165, 1.54) is 7.11 Å². The van der Waals surface area contributed by atoms with Gasteiger partial charge in [0.2, 0.25) is 5.91 Å². The highest BCUT2D eigenvalue weighted by Gasteiger charge is 2.37. The number of benzene rings is 1. The van der Waals surface area contributed by atoms with Crippen molar-refractivity contribution in [1.29, 1.82) is 0 Å². The Labute approximate surface area is 184 Å². The number of amides is 3. The summed E-state index contributed by atoms with van der Waals surface area (Å²) in [5, 5.41) is -0.466. The quantitative estimate of drug-likeness (QED) is 0.441. The van der Waals surface area contributed by atoms with Crippen molar-refractivity contribution < 1.29 is 33.4 Å². The molecule has 2 fully saturated rings. The van der Waals surface area contributed by atoms with Gasteiger partial charge in [-0.2, -0.15) is 0 Å². The summed E-state index contributed by atoms with van der Waals surface area (Å²) >= 11 is 0.796. The maximum Gasteiger partial charge on any atom is 0.343 e. The van der Waals surface area contributed by atoms with Crippen molar-refractivity contribution in [2.24, 2.45) is 0 Å². The summed E-state index contributed by atoms with van der Waals surface area (Å²) in [6.07, 6.45) is 3.45. The fourth-order valence-corrected chi connectivity index (χ4v) is 4.03. The van der Waals surface area contributed by atoms with Gasteiger partial charge in [-0.25, -0.2) is 4.79 Å². The predicted octanol–water partition coefficient (Wildman–Crippen LogP) is 2.30. The van der Waals surface area contributed by atoms with Crippen LogP contribution in [0.3, 0.4) is 0 Å². The fraction of sp³-hybridized carbons (Fsp3) is 0.429. The molecule has 0 radical (unpaired) electrons. The number of hydrogen-bond acceptors (Lipinski definition) is 8. The van der Waals surface area contributed by atoms with Crippen LogP contribution in [0.4, 0.5) is 4.79 Å². The molecule has 3 amide bonds. The number of nitrogens with zero attached hydrogens (tertiary/aromatic N) is 2. The van der Waals surface area contributed by atoms with Gasteiger partial charge in [-0.05, 0) is 55.3 Å². The third-order valence-corrected chi connectivity index (χ3v) is 5.67. The minimum atomic E-state index is -0.524. The van der Waals surface area contributed by atoms with Crippen molar-refractivity contribution in [2.45, 2.75) is 19.8 Å². The number of ether oxygens (including phenoxy) is 3. The van der Waals surface area contributed by atoms with Crippen LogP contribution in [0.25, 0.3) is 6.08 Å². The number of hydrogen-bond donors (Lipinski definition) is 0. The Kier molecular flexibility index (Phi) is 7.56. The van der Waals surface area contributed by atoms with E-state index < -0.39 is 17.1 Å². The predicted molar refractivity (Wildman–Crippen MR) is 114 cm³/mol. The first-order valence-corrected chi connectivity index (χ1v) is 10.7. The molecule has 0 spiro atoms. The normalized spacial score (nSPS) is 17.4. The van der Waals surface area contributed by atoms with Gasteiger partial charge in [-0.3, -0.25) is 19.3 Å². The molecule has 10 heteroatoms. The third kappa shape index (κ3) is 5.57. The number of rotatable bonds is 8. The van der Waals surface area contributed by atoms with Crippen LogP contribution in [0.15, 0.2) is 23.1 Å². The lowest BCUT2D eigenvalue weighted by Gasteiger charge is -2.18. The molecule has 0 unspecified atom stereocenters. The molecular weight excluding hydrogens is 424 g/mol. The molecule has 3 rings (SSSR count). The molecule has 2 aliphatic heterocycles. The SMILES string of the molecule is CCOc1cc(/C=C2/SC(=O)N(CC(=O)N3CCCC3)C2=O)ccc1OCC(=O)OC. The number of imide groups is 1. The molecule has 2 heterocycles. The van der Waals surface area contributed by atoms with Crippen LogP contribution in [-0.4, -0.2) is 72.8 Å². The lowest BCUT2D eigenvalue weighted by molar-refractivity contribution is -0.143. The van der Waals surface area contributed by atoms with E-state index in [9.17, 15) is 19.2 Å². The smallest absolute Gasteiger partial charge is 0.343 e. The maximum absolute atomic E-state index is 12.7. The molecule has 9 nitrogen and oxygen atoms in total. The zero-order chi connectivity index (χ0) is 22.4. The molecule has 0 aromatic heterocycles. The van der Waals surface area contributed by atoms with Crippen molar-refractivity contribution in [2.75, 3.05) is 40.0 Å². The Morgan fingerprint density at radius 2 is 1.87 bits per heavy atom.